The Balaban J connectivity index is 0.00000420. The van der Waals surface area contributed by atoms with Crippen LogP contribution in [0.1, 0.15) is 12.5 Å². The first kappa shape index (κ1) is 24.6. The molecule has 1 aromatic carbocycles. The summed E-state index contributed by atoms with van der Waals surface area (Å²) in [5.41, 5.74) is 1.04. The predicted molar refractivity (Wildman–Crippen MR) is 121 cm³/mol. The molecular formula is C18H27IN6O4. The highest BCUT2D eigenvalue weighted by molar-refractivity contribution is 14.0. The van der Waals surface area contributed by atoms with Crippen LogP contribution < -0.4 is 10.1 Å². The van der Waals surface area contributed by atoms with Gasteiger partial charge in [0.05, 0.1) is 17.7 Å². The van der Waals surface area contributed by atoms with Gasteiger partial charge in [0.25, 0.3) is 5.69 Å². The second-order valence-corrected chi connectivity index (χ2v) is 6.29. The maximum Gasteiger partial charge on any atom is 0.269 e. The molecule has 0 aliphatic heterocycles. The lowest BCUT2D eigenvalue weighted by Crippen LogP contribution is -2.39. The van der Waals surface area contributed by atoms with Crippen molar-refractivity contribution in [3.63, 3.8) is 0 Å². The van der Waals surface area contributed by atoms with Crippen molar-refractivity contribution in [3.05, 3.63) is 52.3 Å². The molecule has 0 saturated carbocycles. The number of halogens is 1. The van der Waals surface area contributed by atoms with Crippen LogP contribution >= 0.6 is 24.0 Å². The van der Waals surface area contributed by atoms with E-state index in [9.17, 15) is 15.2 Å². The number of guanidine groups is 1. The van der Waals surface area contributed by atoms with Crippen LogP contribution in [-0.2, 0) is 13.6 Å². The minimum atomic E-state index is -0.810. The van der Waals surface area contributed by atoms with Gasteiger partial charge in [-0.05, 0) is 19.1 Å². The highest BCUT2D eigenvalue weighted by atomic mass is 127. The van der Waals surface area contributed by atoms with Crippen LogP contribution in [0.4, 0.5) is 5.69 Å². The first-order chi connectivity index (χ1) is 13.4. The molecule has 11 heteroatoms. The van der Waals surface area contributed by atoms with Gasteiger partial charge in [0.15, 0.2) is 5.96 Å². The Kier molecular flexibility index (Phi) is 10.4. The standard InChI is InChI=1S/C18H26N6O4.HI/c1-4-19-18(22(2)11-14-9-21-23(3)12-14)20-10-16(25)13-28-17-7-5-15(6-8-17)24(26)27;/h5-9,12,16,25H,4,10-11,13H2,1-3H3,(H,19,20);1H. The van der Waals surface area contributed by atoms with Crippen LogP contribution in [0.5, 0.6) is 5.75 Å². The molecule has 0 radical (unpaired) electrons. The monoisotopic (exact) mass is 518 g/mol. The highest BCUT2D eigenvalue weighted by Gasteiger charge is 2.11. The van der Waals surface area contributed by atoms with Gasteiger partial charge in [-0.15, -0.1) is 24.0 Å². The zero-order valence-corrected chi connectivity index (χ0v) is 19.0. The number of nitro groups is 1. The van der Waals surface area contributed by atoms with E-state index >= 15 is 0 Å². The number of non-ortho nitro benzene ring substituents is 1. The minimum absolute atomic E-state index is 0. The molecule has 0 saturated heterocycles. The third-order valence-corrected chi connectivity index (χ3v) is 3.82. The van der Waals surface area contributed by atoms with E-state index in [2.05, 4.69) is 15.4 Å². The first-order valence-electron chi connectivity index (χ1n) is 8.91. The number of hydrogen-bond acceptors (Lipinski definition) is 6. The third kappa shape index (κ3) is 8.23. The van der Waals surface area contributed by atoms with E-state index in [0.717, 1.165) is 5.56 Å². The summed E-state index contributed by atoms with van der Waals surface area (Å²) in [5.74, 6) is 1.12. The zero-order valence-electron chi connectivity index (χ0n) is 16.7. The summed E-state index contributed by atoms with van der Waals surface area (Å²) in [6, 6.07) is 5.72. The number of nitro benzene ring substituents is 1. The Morgan fingerprint density at radius 2 is 2.14 bits per heavy atom. The van der Waals surface area contributed by atoms with E-state index < -0.39 is 11.0 Å². The summed E-state index contributed by atoms with van der Waals surface area (Å²) < 4.78 is 7.21. The number of nitrogens with one attached hydrogen (secondary N) is 1. The first-order valence-corrected chi connectivity index (χ1v) is 8.91. The predicted octanol–water partition coefficient (Wildman–Crippen LogP) is 1.78. The van der Waals surface area contributed by atoms with Gasteiger partial charge in [-0.1, -0.05) is 0 Å². The van der Waals surface area contributed by atoms with Crippen molar-refractivity contribution in [2.45, 2.75) is 19.6 Å². The van der Waals surface area contributed by atoms with Crippen molar-refractivity contribution in [2.75, 3.05) is 26.7 Å². The normalized spacial score (nSPS) is 12.1. The second-order valence-electron chi connectivity index (χ2n) is 6.29. The van der Waals surface area contributed by atoms with Crippen molar-refractivity contribution in [1.82, 2.24) is 20.0 Å². The van der Waals surface area contributed by atoms with E-state index in [4.69, 9.17) is 4.74 Å². The third-order valence-electron chi connectivity index (χ3n) is 3.82. The Morgan fingerprint density at radius 3 is 2.69 bits per heavy atom. The van der Waals surface area contributed by atoms with E-state index in [0.29, 0.717) is 24.8 Å². The summed E-state index contributed by atoms with van der Waals surface area (Å²) in [4.78, 5) is 16.6. The lowest BCUT2D eigenvalue weighted by atomic mass is 10.3. The van der Waals surface area contributed by atoms with Gasteiger partial charge in [-0.2, -0.15) is 5.10 Å². The molecule has 10 nitrogen and oxygen atoms in total. The fourth-order valence-corrected chi connectivity index (χ4v) is 2.47. The number of aliphatic imine (C=N–C) groups is 1. The summed E-state index contributed by atoms with van der Waals surface area (Å²) in [7, 11) is 3.78. The second kappa shape index (κ2) is 12.2. The van der Waals surface area contributed by atoms with Gasteiger partial charge in [-0.25, -0.2) is 0 Å². The molecule has 0 aliphatic rings. The molecule has 160 valence electrons. The van der Waals surface area contributed by atoms with Crippen molar-refractivity contribution >= 4 is 35.6 Å². The molecule has 1 unspecified atom stereocenters. The molecule has 0 aliphatic carbocycles. The molecule has 0 bridgehead atoms. The number of aliphatic hydroxyl groups is 1. The Hall–Kier alpha value is -2.41. The summed E-state index contributed by atoms with van der Waals surface area (Å²) in [6.45, 7) is 3.50. The molecular weight excluding hydrogens is 491 g/mol. The molecule has 1 aromatic heterocycles. The number of nitrogens with zero attached hydrogens (tertiary/aromatic N) is 5. The largest absolute Gasteiger partial charge is 0.491 e. The van der Waals surface area contributed by atoms with Gasteiger partial charge in [0.1, 0.15) is 18.5 Å². The summed E-state index contributed by atoms with van der Waals surface area (Å²) in [5, 5.41) is 28.1. The van der Waals surface area contributed by atoms with Crippen molar-refractivity contribution in [2.24, 2.45) is 12.0 Å². The number of hydrogen-bond donors (Lipinski definition) is 2. The van der Waals surface area contributed by atoms with E-state index in [-0.39, 0.29) is 42.8 Å². The van der Waals surface area contributed by atoms with Gasteiger partial charge >= 0.3 is 0 Å². The Morgan fingerprint density at radius 1 is 1.45 bits per heavy atom. The minimum Gasteiger partial charge on any atom is -0.491 e. The fraction of sp³-hybridized carbons (Fsp3) is 0.444. The summed E-state index contributed by atoms with van der Waals surface area (Å²) in [6.07, 6.45) is 2.93. The number of benzene rings is 1. The van der Waals surface area contributed by atoms with Crippen molar-refractivity contribution < 1.29 is 14.8 Å². The highest BCUT2D eigenvalue weighted by Crippen LogP contribution is 2.17. The maximum absolute atomic E-state index is 10.6. The van der Waals surface area contributed by atoms with Crippen molar-refractivity contribution in [3.8, 4) is 5.75 Å². The average molecular weight is 518 g/mol. The molecule has 1 heterocycles. The van der Waals surface area contributed by atoms with E-state index in [1.807, 2.05) is 32.1 Å². The lowest BCUT2D eigenvalue weighted by molar-refractivity contribution is -0.384. The number of rotatable bonds is 9. The van der Waals surface area contributed by atoms with Crippen molar-refractivity contribution in [1.29, 1.82) is 0 Å². The summed E-state index contributed by atoms with van der Waals surface area (Å²) >= 11 is 0. The molecule has 2 rings (SSSR count). The quantitative estimate of drug-likeness (QED) is 0.171. The lowest BCUT2D eigenvalue weighted by Gasteiger charge is -2.22. The number of ether oxygens (including phenoxy) is 1. The number of aryl methyl sites for hydroxylation is 1. The molecule has 2 N–H and O–H groups in total. The molecule has 1 atom stereocenters. The maximum atomic E-state index is 10.6. The van der Waals surface area contributed by atoms with Crippen LogP contribution in [0.25, 0.3) is 0 Å². The number of aromatic nitrogens is 2. The van der Waals surface area contributed by atoms with E-state index in [1.54, 1.807) is 10.9 Å². The van der Waals surface area contributed by atoms with Crippen LogP contribution in [0.2, 0.25) is 0 Å². The van der Waals surface area contributed by atoms with Crippen LogP contribution in [-0.4, -0.2) is 63.5 Å². The molecule has 0 fully saturated rings. The fourth-order valence-electron chi connectivity index (χ4n) is 2.47. The molecule has 0 spiro atoms. The molecule has 2 aromatic rings. The molecule has 0 amide bonds. The topological polar surface area (TPSA) is 118 Å². The number of aliphatic hydroxyl groups excluding tert-OH is 1. The van der Waals surface area contributed by atoms with Gasteiger partial charge in [-0.3, -0.25) is 19.8 Å². The van der Waals surface area contributed by atoms with Gasteiger partial charge in [0.2, 0.25) is 0 Å². The zero-order chi connectivity index (χ0) is 20.5. The molecule has 29 heavy (non-hydrogen) atoms. The van der Waals surface area contributed by atoms with Gasteiger partial charge in [0, 0.05) is 51.1 Å². The van der Waals surface area contributed by atoms with Gasteiger partial charge < -0.3 is 20.1 Å². The SMILES string of the molecule is CCNC(=NCC(O)COc1ccc([N+](=O)[O-])cc1)N(C)Cc1cnn(C)c1.I. The van der Waals surface area contributed by atoms with Crippen LogP contribution in [0.3, 0.4) is 0 Å². The van der Waals surface area contributed by atoms with E-state index in [1.165, 1.54) is 24.3 Å². The smallest absolute Gasteiger partial charge is 0.269 e. The Bertz CT molecular complexity index is 796. The van der Waals surface area contributed by atoms with Crippen LogP contribution in [0.15, 0.2) is 41.7 Å². The van der Waals surface area contributed by atoms with Crippen LogP contribution in [0, 0.1) is 10.1 Å². The Labute approximate surface area is 186 Å². The average Bonchev–Trinajstić information content (AvgIpc) is 3.08.